The van der Waals surface area contributed by atoms with Crippen molar-refractivity contribution in [1.29, 1.82) is 0 Å². The van der Waals surface area contributed by atoms with E-state index in [2.05, 4.69) is 5.32 Å². The lowest BCUT2D eigenvalue weighted by Gasteiger charge is -2.41. The summed E-state index contributed by atoms with van der Waals surface area (Å²) >= 11 is 0. The summed E-state index contributed by atoms with van der Waals surface area (Å²) < 4.78 is 10.4. The van der Waals surface area contributed by atoms with Crippen molar-refractivity contribution in [3.8, 4) is 0 Å². The molecule has 1 aliphatic rings. The van der Waals surface area contributed by atoms with Crippen LogP contribution >= 0.6 is 0 Å². The van der Waals surface area contributed by atoms with Crippen molar-refractivity contribution in [3.05, 3.63) is 0 Å². The first kappa shape index (κ1) is 11.4. The summed E-state index contributed by atoms with van der Waals surface area (Å²) in [5.41, 5.74) is -0.473. The van der Waals surface area contributed by atoms with E-state index in [4.69, 9.17) is 14.6 Å². The minimum atomic E-state index is -0.807. The highest BCUT2D eigenvalue weighted by atomic mass is 16.5. The number of hydrogen-bond acceptors (Lipinski definition) is 4. The van der Waals surface area contributed by atoms with Crippen LogP contribution < -0.4 is 5.32 Å². The highest BCUT2D eigenvalue weighted by molar-refractivity contribution is 5.68. The molecule has 14 heavy (non-hydrogen) atoms. The Labute approximate surface area is 83.4 Å². The first-order valence-electron chi connectivity index (χ1n) is 4.74. The highest BCUT2D eigenvalue weighted by Crippen LogP contribution is 2.21. The zero-order valence-corrected chi connectivity index (χ0v) is 8.41. The van der Waals surface area contributed by atoms with Crippen molar-refractivity contribution in [2.24, 2.45) is 0 Å². The van der Waals surface area contributed by atoms with Gasteiger partial charge < -0.3 is 19.9 Å². The molecule has 5 nitrogen and oxygen atoms in total. The van der Waals surface area contributed by atoms with Crippen LogP contribution in [-0.4, -0.2) is 50.1 Å². The lowest BCUT2D eigenvalue weighted by molar-refractivity contribution is -0.150. The molecule has 1 fully saturated rings. The van der Waals surface area contributed by atoms with Gasteiger partial charge in [0.25, 0.3) is 0 Å². The summed E-state index contributed by atoms with van der Waals surface area (Å²) in [5, 5.41) is 11.7. The molecular formula is C9H17NO4. The molecule has 0 bridgehead atoms. The lowest BCUT2D eigenvalue weighted by atomic mass is 9.93. The molecule has 0 unspecified atom stereocenters. The third-order valence-electron chi connectivity index (χ3n) is 2.27. The van der Waals surface area contributed by atoms with Crippen LogP contribution in [-0.2, 0) is 14.3 Å². The fourth-order valence-electron chi connectivity index (χ4n) is 1.45. The number of aliphatic carboxylic acids is 1. The number of carbonyl (C=O) groups is 1. The Morgan fingerprint density at radius 3 is 2.64 bits per heavy atom. The average Bonchev–Trinajstić information content (AvgIpc) is 2.07. The highest BCUT2D eigenvalue weighted by Gasteiger charge is 2.39. The summed E-state index contributed by atoms with van der Waals surface area (Å²) in [6.45, 7) is 2.47. The van der Waals surface area contributed by atoms with Gasteiger partial charge in [0.1, 0.15) is 5.60 Å². The van der Waals surface area contributed by atoms with Crippen LogP contribution in [0.4, 0.5) is 0 Å². The van der Waals surface area contributed by atoms with E-state index in [0.29, 0.717) is 26.3 Å². The number of nitrogens with one attached hydrogen (secondary N) is 1. The molecule has 2 N–H and O–H groups in total. The summed E-state index contributed by atoms with van der Waals surface area (Å²) in [4.78, 5) is 10.6. The summed E-state index contributed by atoms with van der Waals surface area (Å²) in [6, 6.07) is 0. The molecule has 0 atom stereocenters. The zero-order valence-electron chi connectivity index (χ0n) is 8.41. The molecule has 1 saturated heterocycles. The second kappa shape index (κ2) is 5.29. The largest absolute Gasteiger partial charge is 0.481 e. The maximum absolute atomic E-state index is 10.6. The van der Waals surface area contributed by atoms with Gasteiger partial charge in [0.2, 0.25) is 0 Å². The molecule has 0 aliphatic carbocycles. The molecule has 0 aromatic carbocycles. The maximum Gasteiger partial charge on any atom is 0.306 e. The number of carboxylic acid groups (broad SMARTS) is 1. The van der Waals surface area contributed by atoms with Crippen LogP contribution in [0.25, 0.3) is 0 Å². The topological polar surface area (TPSA) is 67.8 Å². The Kier molecular flexibility index (Phi) is 4.31. The van der Waals surface area contributed by atoms with E-state index in [9.17, 15) is 4.79 Å². The molecule has 0 aromatic rings. The Bertz CT molecular complexity index is 191. The van der Waals surface area contributed by atoms with Crippen LogP contribution in [0.1, 0.15) is 12.8 Å². The van der Waals surface area contributed by atoms with Crippen LogP contribution in [0.2, 0.25) is 0 Å². The normalized spacial score (nSPS) is 18.9. The van der Waals surface area contributed by atoms with E-state index in [0.717, 1.165) is 6.42 Å². The van der Waals surface area contributed by atoms with Gasteiger partial charge in [-0.05, 0) is 6.42 Å². The molecular weight excluding hydrogens is 186 g/mol. The van der Waals surface area contributed by atoms with Crippen molar-refractivity contribution < 1.29 is 19.4 Å². The summed E-state index contributed by atoms with van der Waals surface area (Å²) in [7, 11) is 1.64. The minimum absolute atomic E-state index is 0.0764. The quantitative estimate of drug-likeness (QED) is 0.563. The molecule has 1 aliphatic heterocycles. The Morgan fingerprint density at radius 2 is 2.21 bits per heavy atom. The third kappa shape index (κ3) is 3.25. The van der Waals surface area contributed by atoms with Gasteiger partial charge in [0, 0.05) is 33.4 Å². The van der Waals surface area contributed by atoms with Gasteiger partial charge in [-0.15, -0.1) is 0 Å². The molecule has 1 heterocycles. The first-order valence-corrected chi connectivity index (χ1v) is 4.74. The van der Waals surface area contributed by atoms with E-state index in [1.54, 1.807) is 7.11 Å². The molecule has 0 amide bonds. The van der Waals surface area contributed by atoms with Gasteiger partial charge in [-0.25, -0.2) is 0 Å². The zero-order chi connectivity index (χ0) is 10.4. The third-order valence-corrected chi connectivity index (χ3v) is 2.27. The fourth-order valence-corrected chi connectivity index (χ4v) is 1.45. The van der Waals surface area contributed by atoms with Crippen molar-refractivity contribution in [2.75, 3.05) is 33.4 Å². The number of methoxy groups -OCH3 is 1. The SMILES string of the molecule is COCCCOC1(CC(=O)O)CNC1. The number of hydrogen-bond donors (Lipinski definition) is 2. The Hall–Kier alpha value is -0.650. The van der Waals surface area contributed by atoms with Gasteiger partial charge in [0.15, 0.2) is 0 Å². The number of ether oxygens (including phenoxy) is 2. The number of rotatable bonds is 7. The summed E-state index contributed by atoms with van der Waals surface area (Å²) in [5.74, 6) is -0.807. The fraction of sp³-hybridized carbons (Fsp3) is 0.889. The first-order chi connectivity index (χ1) is 6.68. The lowest BCUT2D eigenvalue weighted by Crippen LogP contribution is -2.62. The van der Waals surface area contributed by atoms with Crippen LogP contribution in [0.5, 0.6) is 0 Å². The van der Waals surface area contributed by atoms with E-state index in [1.165, 1.54) is 0 Å². The van der Waals surface area contributed by atoms with Crippen LogP contribution in [0.15, 0.2) is 0 Å². The average molecular weight is 203 g/mol. The Morgan fingerprint density at radius 1 is 1.50 bits per heavy atom. The van der Waals surface area contributed by atoms with Crippen molar-refractivity contribution in [1.82, 2.24) is 5.32 Å². The maximum atomic E-state index is 10.6. The van der Waals surface area contributed by atoms with E-state index in [1.807, 2.05) is 0 Å². The molecule has 1 rings (SSSR count). The molecule has 0 saturated carbocycles. The monoisotopic (exact) mass is 203 g/mol. The van der Waals surface area contributed by atoms with Crippen molar-refractivity contribution in [2.45, 2.75) is 18.4 Å². The van der Waals surface area contributed by atoms with Crippen molar-refractivity contribution in [3.63, 3.8) is 0 Å². The standard InChI is InChI=1S/C9H17NO4/c1-13-3-2-4-14-9(5-8(11)12)6-10-7-9/h10H,2-7H2,1H3,(H,11,12). The molecule has 0 aromatic heterocycles. The predicted molar refractivity (Wildman–Crippen MR) is 50.3 cm³/mol. The molecule has 0 radical (unpaired) electrons. The molecule has 82 valence electrons. The predicted octanol–water partition coefficient (Wildman–Crippen LogP) is -0.144. The van der Waals surface area contributed by atoms with Gasteiger partial charge >= 0.3 is 5.97 Å². The Balaban J connectivity index is 2.20. The molecule has 0 spiro atoms. The van der Waals surface area contributed by atoms with Crippen molar-refractivity contribution >= 4 is 5.97 Å². The van der Waals surface area contributed by atoms with Gasteiger partial charge in [-0.1, -0.05) is 0 Å². The number of carboxylic acids is 1. The summed E-state index contributed by atoms with van der Waals surface area (Å²) in [6.07, 6.45) is 0.880. The van der Waals surface area contributed by atoms with Crippen LogP contribution in [0, 0.1) is 0 Å². The van der Waals surface area contributed by atoms with E-state index in [-0.39, 0.29) is 6.42 Å². The minimum Gasteiger partial charge on any atom is -0.481 e. The van der Waals surface area contributed by atoms with Gasteiger partial charge in [-0.3, -0.25) is 4.79 Å². The van der Waals surface area contributed by atoms with E-state index < -0.39 is 11.6 Å². The van der Waals surface area contributed by atoms with Gasteiger partial charge in [0.05, 0.1) is 6.42 Å². The second-order valence-corrected chi connectivity index (χ2v) is 3.55. The van der Waals surface area contributed by atoms with E-state index >= 15 is 0 Å². The van der Waals surface area contributed by atoms with Gasteiger partial charge in [-0.2, -0.15) is 0 Å². The second-order valence-electron chi connectivity index (χ2n) is 3.55. The smallest absolute Gasteiger partial charge is 0.306 e. The molecule has 5 heteroatoms. The van der Waals surface area contributed by atoms with Crippen LogP contribution in [0.3, 0.4) is 0 Å².